The Bertz CT molecular complexity index is 489. The summed E-state index contributed by atoms with van der Waals surface area (Å²) in [6, 6.07) is 8.73. The Morgan fingerprint density at radius 2 is 2.20 bits per heavy atom. The van der Waals surface area contributed by atoms with Gasteiger partial charge in [-0.2, -0.15) is 0 Å². The molecular weight excluding hydrogens is 208 g/mol. The summed E-state index contributed by atoms with van der Waals surface area (Å²) in [6.45, 7) is 1.01. The van der Waals surface area contributed by atoms with E-state index in [1.807, 2.05) is 0 Å². The van der Waals surface area contributed by atoms with Gasteiger partial charge in [0.1, 0.15) is 0 Å². The molecule has 1 aromatic carbocycles. The average molecular weight is 221 g/mol. The normalized spacial score (nSPS) is 20.5. The maximum Gasteiger partial charge on any atom is 0.0481 e. The largest absolute Gasteiger partial charge is 0.358 e. The first-order valence-corrected chi connectivity index (χ1v) is 5.82. The van der Waals surface area contributed by atoms with Crippen LogP contribution in [0.15, 0.2) is 24.3 Å². The number of fused-ring (bicyclic) bond motifs is 3. The van der Waals surface area contributed by atoms with Crippen molar-refractivity contribution < 1.29 is 0 Å². The van der Waals surface area contributed by atoms with Crippen LogP contribution in [-0.2, 0) is 6.42 Å². The van der Waals surface area contributed by atoms with Gasteiger partial charge in [-0.15, -0.1) is 11.6 Å². The molecule has 0 fully saturated rings. The molecule has 1 unspecified atom stereocenters. The molecule has 15 heavy (non-hydrogen) atoms. The lowest BCUT2D eigenvalue weighted by Crippen LogP contribution is -2.30. The van der Waals surface area contributed by atoms with Crippen molar-refractivity contribution in [2.75, 3.05) is 12.4 Å². The van der Waals surface area contributed by atoms with Crippen LogP contribution in [0.3, 0.4) is 0 Å². The molecule has 0 saturated heterocycles. The van der Waals surface area contributed by atoms with E-state index in [1.54, 1.807) is 0 Å². The van der Waals surface area contributed by atoms with E-state index in [0.717, 1.165) is 13.0 Å². The average Bonchev–Trinajstić information content (AvgIpc) is 2.67. The van der Waals surface area contributed by atoms with Crippen LogP contribution in [0.5, 0.6) is 0 Å². The van der Waals surface area contributed by atoms with Crippen molar-refractivity contribution in [2.24, 2.45) is 0 Å². The van der Waals surface area contributed by atoms with Crippen molar-refractivity contribution in [2.45, 2.75) is 12.5 Å². The van der Waals surface area contributed by atoms with Gasteiger partial charge in [0, 0.05) is 41.5 Å². The van der Waals surface area contributed by atoms with E-state index < -0.39 is 0 Å². The number of hydrogen-bond acceptors (Lipinski definition) is 1. The number of rotatable bonds is 1. The Morgan fingerprint density at radius 1 is 1.33 bits per heavy atom. The molecule has 78 valence electrons. The fraction of sp³-hybridized carbons (Fsp3) is 0.333. The molecule has 3 rings (SSSR count). The van der Waals surface area contributed by atoms with Crippen molar-refractivity contribution in [3.05, 3.63) is 35.5 Å². The minimum atomic E-state index is 0.298. The third kappa shape index (κ3) is 1.36. The molecular formula is C12H13ClN2. The second kappa shape index (κ2) is 3.54. The van der Waals surface area contributed by atoms with Gasteiger partial charge < -0.3 is 10.3 Å². The Labute approximate surface area is 93.6 Å². The molecule has 0 radical (unpaired) electrons. The molecule has 0 aliphatic carbocycles. The number of alkyl halides is 1. The van der Waals surface area contributed by atoms with Gasteiger partial charge in [0.15, 0.2) is 0 Å². The predicted molar refractivity (Wildman–Crippen MR) is 63.5 cm³/mol. The Kier molecular flexibility index (Phi) is 2.19. The minimum Gasteiger partial charge on any atom is -0.358 e. The third-order valence-electron chi connectivity index (χ3n) is 3.10. The van der Waals surface area contributed by atoms with E-state index in [-0.39, 0.29) is 0 Å². The van der Waals surface area contributed by atoms with Gasteiger partial charge in [0.05, 0.1) is 0 Å². The number of aromatic amines is 1. The van der Waals surface area contributed by atoms with E-state index in [2.05, 4.69) is 34.6 Å². The number of aromatic nitrogens is 1. The minimum absolute atomic E-state index is 0.298. The molecule has 0 bridgehead atoms. The first-order valence-electron chi connectivity index (χ1n) is 5.29. The lowest BCUT2D eigenvalue weighted by atomic mass is 9.99. The molecule has 0 amide bonds. The summed E-state index contributed by atoms with van der Waals surface area (Å²) in [4.78, 5) is 3.48. The highest BCUT2D eigenvalue weighted by Crippen LogP contribution is 2.31. The van der Waals surface area contributed by atoms with Crippen LogP contribution in [0.25, 0.3) is 10.9 Å². The van der Waals surface area contributed by atoms with Crippen molar-refractivity contribution in [1.29, 1.82) is 0 Å². The third-order valence-corrected chi connectivity index (χ3v) is 3.41. The molecule has 3 heteroatoms. The number of benzene rings is 1. The SMILES string of the molecule is ClCC1NCCc2[nH]c3ccccc3c21. The first-order chi connectivity index (χ1) is 7.40. The van der Waals surface area contributed by atoms with Crippen LogP contribution in [0, 0.1) is 0 Å². The summed E-state index contributed by atoms with van der Waals surface area (Å²) in [5.74, 6) is 0.634. The summed E-state index contributed by atoms with van der Waals surface area (Å²) in [7, 11) is 0. The summed E-state index contributed by atoms with van der Waals surface area (Å²) in [5, 5.41) is 4.76. The zero-order valence-electron chi connectivity index (χ0n) is 8.39. The maximum absolute atomic E-state index is 5.99. The molecule has 1 aromatic heterocycles. The monoisotopic (exact) mass is 220 g/mol. The topological polar surface area (TPSA) is 27.8 Å². The molecule has 0 saturated carbocycles. The van der Waals surface area contributed by atoms with Gasteiger partial charge in [-0.1, -0.05) is 18.2 Å². The zero-order valence-corrected chi connectivity index (χ0v) is 9.14. The molecule has 2 nitrogen and oxygen atoms in total. The highest BCUT2D eigenvalue weighted by molar-refractivity contribution is 6.18. The van der Waals surface area contributed by atoms with Crippen molar-refractivity contribution in [1.82, 2.24) is 10.3 Å². The lowest BCUT2D eigenvalue weighted by molar-refractivity contribution is 0.545. The molecule has 2 heterocycles. The number of nitrogens with one attached hydrogen (secondary N) is 2. The number of H-pyrrole nitrogens is 1. The van der Waals surface area contributed by atoms with Crippen LogP contribution in [-0.4, -0.2) is 17.4 Å². The van der Waals surface area contributed by atoms with Gasteiger partial charge in [0.2, 0.25) is 0 Å². The Hall–Kier alpha value is -0.990. The van der Waals surface area contributed by atoms with Gasteiger partial charge in [-0.3, -0.25) is 0 Å². The molecule has 1 aliphatic heterocycles. The van der Waals surface area contributed by atoms with Crippen molar-refractivity contribution >= 4 is 22.5 Å². The molecule has 2 aromatic rings. The fourth-order valence-corrected chi connectivity index (χ4v) is 2.68. The lowest BCUT2D eigenvalue weighted by Gasteiger charge is -2.22. The molecule has 0 spiro atoms. The number of hydrogen-bond donors (Lipinski definition) is 2. The van der Waals surface area contributed by atoms with Crippen LogP contribution >= 0.6 is 11.6 Å². The number of para-hydroxylation sites is 1. The second-order valence-corrected chi connectivity index (χ2v) is 4.28. The highest BCUT2D eigenvalue weighted by atomic mass is 35.5. The maximum atomic E-state index is 5.99. The Morgan fingerprint density at radius 3 is 3.07 bits per heavy atom. The van der Waals surface area contributed by atoms with Gasteiger partial charge >= 0.3 is 0 Å². The van der Waals surface area contributed by atoms with Crippen LogP contribution in [0.1, 0.15) is 17.3 Å². The molecule has 1 aliphatic rings. The van der Waals surface area contributed by atoms with Gasteiger partial charge in [-0.05, 0) is 11.6 Å². The summed E-state index contributed by atoms with van der Waals surface area (Å²) >= 11 is 5.99. The quantitative estimate of drug-likeness (QED) is 0.711. The van der Waals surface area contributed by atoms with Crippen molar-refractivity contribution in [3.63, 3.8) is 0 Å². The van der Waals surface area contributed by atoms with Crippen LogP contribution < -0.4 is 5.32 Å². The summed E-state index contributed by atoms with van der Waals surface area (Å²) in [6.07, 6.45) is 1.07. The van der Waals surface area contributed by atoms with Crippen LogP contribution in [0.2, 0.25) is 0 Å². The fourth-order valence-electron chi connectivity index (χ4n) is 2.42. The van der Waals surface area contributed by atoms with E-state index in [9.17, 15) is 0 Å². The summed E-state index contributed by atoms with van der Waals surface area (Å²) in [5.41, 5.74) is 3.94. The molecule has 2 N–H and O–H groups in total. The van der Waals surface area contributed by atoms with E-state index in [0.29, 0.717) is 11.9 Å². The Balaban J connectivity index is 2.27. The van der Waals surface area contributed by atoms with Gasteiger partial charge in [0.25, 0.3) is 0 Å². The summed E-state index contributed by atoms with van der Waals surface area (Å²) < 4.78 is 0. The van der Waals surface area contributed by atoms with Crippen molar-refractivity contribution in [3.8, 4) is 0 Å². The first kappa shape index (κ1) is 9.25. The zero-order chi connectivity index (χ0) is 10.3. The standard InChI is InChI=1S/C12H13ClN2/c13-7-11-12-8-3-1-2-4-9(8)15-10(12)5-6-14-11/h1-4,11,14-15H,5-7H2. The second-order valence-electron chi connectivity index (χ2n) is 3.97. The van der Waals surface area contributed by atoms with E-state index >= 15 is 0 Å². The number of halogens is 1. The van der Waals surface area contributed by atoms with Gasteiger partial charge in [-0.25, -0.2) is 0 Å². The van der Waals surface area contributed by atoms with E-state index in [1.165, 1.54) is 22.2 Å². The molecule has 1 atom stereocenters. The highest BCUT2D eigenvalue weighted by Gasteiger charge is 2.22. The smallest absolute Gasteiger partial charge is 0.0481 e. The predicted octanol–water partition coefficient (Wildman–Crippen LogP) is 2.59. The van der Waals surface area contributed by atoms with E-state index in [4.69, 9.17) is 11.6 Å². The van der Waals surface area contributed by atoms with Crippen LogP contribution in [0.4, 0.5) is 0 Å².